The number of aliphatic carboxylic acids is 1. The van der Waals surface area contributed by atoms with Crippen LogP contribution in [0.2, 0.25) is 0 Å². The fraction of sp³-hybridized carbons (Fsp3) is 0.667. The predicted octanol–water partition coefficient (Wildman–Crippen LogP) is 1.37. The maximum Gasteiger partial charge on any atom is 0.323 e. The summed E-state index contributed by atoms with van der Waals surface area (Å²) in [7, 11) is 0. The fourth-order valence-electron chi connectivity index (χ4n) is 2.01. The van der Waals surface area contributed by atoms with Crippen LogP contribution in [0, 0.1) is 0 Å². The molecule has 5 nitrogen and oxygen atoms in total. The molecule has 1 aliphatic carbocycles. The summed E-state index contributed by atoms with van der Waals surface area (Å²) in [5.41, 5.74) is 1.64. The Morgan fingerprint density at radius 3 is 2.87 bits per heavy atom. The first-order chi connectivity index (χ1) is 7.27. The quantitative estimate of drug-likeness (QED) is 0.841. The van der Waals surface area contributed by atoms with Crippen molar-refractivity contribution in [1.82, 2.24) is 10.2 Å². The number of hydrogen-bond acceptors (Lipinski definition) is 5. The lowest BCUT2D eigenvalue weighted by molar-refractivity contribution is -0.135. The van der Waals surface area contributed by atoms with Crippen LogP contribution < -0.4 is 4.90 Å². The van der Waals surface area contributed by atoms with E-state index in [-0.39, 0.29) is 6.54 Å². The molecule has 1 aliphatic rings. The van der Waals surface area contributed by atoms with E-state index in [1.54, 1.807) is 5.51 Å². The van der Waals surface area contributed by atoms with Gasteiger partial charge in [0.1, 0.15) is 12.1 Å². The zero-order chi connectivity index (χ0) is 10.7. The highest BCUT2D eigenvalue weighted by molar-refractivity contribution is 7.13. The van der Waals surface area contributed by atoms with Gasteiger partial charge in [-0.15, -0.1) is 10.2 Å². The molecule has 0 aromatic carbocycles. The summed E-state index contributed by atoms with van der Waals surface area (Å²) in [5.74, 6) is -0.808. The Balaban J connectivity index is 2.12. The van der Waals surface area contributed by atoms with E-state index in [9.17, 15) is 4.79 Å². The smallest absolute Gasteiger partial charge is 0.323 e. The SMILES string of the molecule is O=C(O)CN(c1nncs1)C1CCCC1. The number of carboxylic acids is 1. The van der Waals surface area contributed by atoms with Crippen molar-refractivity contribution in [2.24, 2.45) is 0 Å². The zero-order valence-corrected chi connectivity index (χ0v) is 9.11. The van der Waals surface area contributed by atoms with Crippen molar-refractivity contribution in [1.29, 1.82) is 0 Å². The first-order valence-corrected chi connectivity index (χ1v) is 5.90. The Morgan fingerprint density at radius 1 is 1.60 bits per heavy atom. The third-order valence-corrected chi connectivity index (χ3v) is 3.39. The molecule has 0 saturated heterocycles. The Kier molecular flexibility index (Phi) is 3.15. The Hall–Kier alpha value is -1.17. The normalized spacial score (nSPS) is 16.8. The fourth-order valence-corrected chi connectivity index (χ4v) is 2.64. The summed E-state index contributed by atoms with van der Waals surface area (Å²) in [5, 5.41) is 17.3. The lowest BCUT2D eigenvalue weighted by atomic mass is 10.2. The highest BCUT2D eigenvalue weighted by atomic mass is 32.1. The minimum atomic E-state index is -0.808. The molecule has 0 spiro atoms. The van der Waals surface area contributed by atoms with Gasteiger partial charge in [-0.1, -0.05) is 24.2 Å². The number of hydrogen-bond donors (Lipinski definition) is 1. The average molecular weight is 227 g/mol. The van der Waals surface area contributed by atoms with Crippen molar-refractivity contribution in [3.05, 3.63) is 5.51 Å². The molecule has 0 atom stereocenters. The summed E-state index contributed by atoms with van der Waals surface area (Å²) in [4.78, 5) is 12.6. The summed E-state index contributed by atoms with van der Waals surface area (Å²) in [6.07, 6.45) is 4.49. The topological polar surface area (TPSA) is 66.3 Å². The number of anilines is 1. The second-order valence-corrected chi connectivity index (χ2v) is 4.49. The van der Waals surface area contributed by atoms with Gasteiger partial charge in [-0.3, -0.25) is 4.79 Å². The summed E-state index contributed by atoms with van der Waals surface area (Å²) < 4.78 is 0. The van der Waals surface area contributed by atoms with Crippen LogP contribution in [0.5, 0.6) is 0 Å². The predicted molar refractivity (Wildman–Crippen MR) is 57.1 cm³/mol. The van der Waals surface area contributed by atoms with Gasteiger partial charge in [0.15, 0.2) is 0 Å². The lowest BCUT2D eigenvalue weighted by Gasteiger charge is -2.25. The molecule has 82 valence electrons. The molecule has 1 saturated carbocycles. The first kappa shape index (κ1) is 10.4. The monoisotopic (exact) mass is 227 g/mol. The third-order valence-electron chi connectivity index (χ3n) is 2.67. The van der Waals surface area contributed by atoms with Gasteiger partial charge in [-0.05, 0) is 12.8 Å². The van der Waals surface area contributed by atoms with Crippen LogP contribution in [0.3, 0.4) is 0 Å². The molecule has 1 heterocycles. The molecule has 1 N–H and O–H groups in total. The Morgan fingerprint density at radius 2 is 2.33 bits per heavy atom. The summed E-state index contributed by atoms with van der Waals surface area (Å²) >= 11 is 1.40. The number of rotatable bonds is 4. The van der Waals surface area contributed by atoms with Crippen molar-refractivity contribution in [2.75, 3.05) is 11.4 Å². The molecule has 2 rings (SSSR count). The minimum absolute atomic E-state index is 0.0276. The number of carboxylic acid groups (broad SMARTS) is 1. The van der Waals surface area contributed by atoms with Gasteiger partial charge >= 0.3 is 5.97 Å². The van der Waals surface area contributed by atoms with Crippen LogP contribution >= 0.6 is 11.3 Å². The maximum atomic E-state index is 10.8. The maximum absolute atomic E-state index is 10.8. The molecule has 0 radical (unpaired) electrons. The van der Waals surface area contributed by atoms with E-state index in [0.717, 1.165) is 18.0 Å². The number of aromatic nitrogens is 2. The molecule has 0 bridgehead atoms. The van der Waals surface area contributed by atoms with Crippen LogP contribution in [0.4, 0.5) is 5.13 Å². The molecule has 15 heavy (non-hydrogen) atoms. The van der Waals surface area contributed by atoms with Crippen molar-refractivity contribution < 1.29 is 9.90 Å². The number of carbonyl (C=O) groups is 1. The van der Waals surface area contributed by atoms with Crippen LogP contribution in [0.15, 0.2) is 5.51 Å². The lowest BCUT2D eigenvalue weighted by Crippen LogP contribution is -2.37. The zero-order valence-electron chi connectivity index (χ0n) is 8.30. The van der Waals surface area contributed by atoms with Crippen molar-refractivity contribution >= 4 is 22.4 Å². The van der Waals surface area contributed by atoms with E-state index in [1.165, 1.54) is 24.2 Å². The van der Waals surface area contributed by atoms with E-state index < -0.39 is 5.97 Å². The van der Waals surface area contributed by atoms with Gasteiger partial charge in [0, 0.05) is 6.04 Å². The van der Waals surface area contributed by atoms with E-state index in [4.69, 9.17) is 5.11 Å². The summed E-state index contributed by atoms with van der Waals surface area (Å²) in [6.45, 7) is 0.0276. The molecule has 1 fully saturated rings. The van der Waals surface area contributed by atoms with E-state index in [0.29, 0.717) is 6.04 Å². The van der Waals surface area contributed by atoms with Crippen molar-refractivity contribution in [2.45, 2.75) is 31.7 Å². The molecule has 1 aromatic heterocycles. The Labute approximate surface area is 91.7 Å². The van der Waals surface area contributed by atoms with Crippen LogP contribution in [0.1, 0.15) is 25.7 Å². The van der Waals surface area contributed by atoms with Gasteiger partial charge in [-0.2, -0.15) is 0 Å². The van der Waals surface area contributed by atoms with Crippen LogP contribution in [0.25, 0.3) is 0 Å². The highest BCUT2D eigenvalue weighted by Crippen LogP contribution is 2.28. The third kappa shape index (κ3) is 2.44. The van der Waals surface area contributed by atoms with Crippen LogP contribution in [-0.4, -0.2) is 33.9 Å². The Bertz CT molecular complexity index is 322. The molecule has 6 heteroatoms. The van der Waals surface area contributed by atoms with E-state index in [1.807, 2.05) is 4.90 Å². The van der Waals surface area contributed by atoms with Gasteiger partial charge in [0.25, 0.3) is 0 Å². The van der Waals surface area contributed by atoms with Gasteiger partial charge in [0.05, 0.1) is 0 Å². The molecule has 0 aliphatic heterocycles. The molecule has 0 unspecified atom stereocenters. The minimum Gasteiger partial charge on any atom is -0.480 e. The molecule has 0 amide bonds. The van der Waals surface area contributed by atoms with Gasteiger partial charge < -0.3 is 10.0 Å². The number of nitrogens with zero attached hydrogens (tertiary/aromatic N) is 3. The van der Waals surface area contributed by atoms with Crippen molar-refractivity contribution in [3.8, 4) is 0 Å². The van der Waals surface area contributed by atoms with Crippen LogP contribution in [-0.2, 0) is 4.79 Å². The second kappa shape index (κ2) is 4.57. The summed E-state index contributed by atoms with van der Waals surface area (Å²) in [6, 6.07) is 0.328. The molecular formula is C9H13N3O2S. The van der Waals surface area contributed by atoms with Crippen molar-refractivity contribution in [3.63, 3.8) is 0 Å². The molecule has 1 aromatic rings. The first-order valence-electron chi connectivity index (χ1n) is 5.02. The van der Waals surface area contributed by atoms with Gasteiger partial charge in [0.2, 0.25) is 5.13 Å². The largest absolute Gasteiger partial charge is 0.480 e. The van der Waals surface area contributed by atoms with Gasteiger partial charge in [-0.25, -0.2) is 0 Å². The standard InChI is InChI=1S/C9H13N3O2S/c13-8(14)5-12(7-3-1-2-4-7)9-11-10-6-15-9/h6-7H,1-5H2,(H,13,14). The highest BCUT2D eigenvalue weighted by Gasteiger charge is 2.26. The van der Waals surface area contributed by atoms with E-state index in [2.05, 4.69) is 10.2 Å². The van der Waals surface area contributed by atoms with E-state index >= 15 is 0 Å². The average Bonchev–Trinajstić information content (AvgIpc) is 2.87. The molecular weight excluding hydrogens is 214 g/mol. The second-order valence-electron chi connectivity index (χ2n) is 3.68.